The van der Waals surface area contributed by atoms with Crippen LogP contribution in [0.5, 0.6) is 5.88 Å². The maximum atomic E-state index is 11.6. The van der Waals surface area contributed by atoms with Crippen LogP contribution >= 0.6 is 11.3 Å². The van der Waals surface area contributed by atoms with Gasteiger partial charge >= 0.3 is 5.97 Å². The van der Waals surface area contributed by atoms with Gasteiger partial charge in [-0.3, -0.25) is 0 Å². The van der Waals surface area contributed by atoms with Gasteiger partial charge in [0, 0.05) is 22.1 Å². The van der Waals surface area contributed by atoms with E-state index in [2.05, 4.69) is 11.1 Å². The molecule has 0 amide bonds. The lowest BCUT2D eigenvalue weighted by Crippen LogP contribution is -2.04. The van der Waals surface area contributed by atoms with E-state index in [1.165, 1.54) is 7.11 Å². The summed E-state index contributed by atoms with van der Waals surface area (Å²) in [5.41, 5.74) is 4.75. The van der Waals surface area contributed by atoms with Crippen LogP contribution in [0.2, 0.25) is 0 Å². The summed E-state index contributed by atoms with van der Waals surface area (Å²) in [4.78, 5) is 16.2. The molecule has 0 aliphatic rings. The largest absolute Gasteiger partial charge is 0.472 e. The number of pyridine rings is 1. The first-order chi connectivity index (χ1) is 14.7. The van der Waals surface area contributed by atoms with Crippen molar-refractivity contribution in [2.45, 2.75) is 6.61 Å². The highest BCUT2D eigenvalue weighted by atomic mass is 32.1. The molecule has 0 spiro atoms. The minimum Gasteiger partial charge on any atom is -0.472 e. The Morgan fingerprint density at radius 1 is 1.20 bits per heavy atom. The molecule has 3 aromatic heterocycles. The fraction of sp³-hybridized carbons (Fsp3) is 0.0870. The Balaban J connectivity index is 1.68. The molecule has 1 aromatic carbocycles. The maximum Gasteiger partial charge on any atom is 0.337 e. The van der Waals surface area contributed by atoms with Crippen molar-refractivity contribution in [3.05, 3.63) is 82.4 Å². The van der Waals surface area contributed by atoms with Crippen LogP contribution < -0.4 is 4.74 Å². The minimum atomic E-state index is -0.399. The van der Waals surface area contributed by atoms with Crippen LogP contribution in [0.25, 0.3) is 22.4 Å². The minimum absolute atomic E-state index is 0.195. The second kappa shape index (κ2) is 8.64. The maximum absolute atomic E-state index is 11.6. The molecule has 148 valence electrons. The van der Waals surface area contributed by atoms with E-state index in [4.69, 9.17) is 13.9 Å². The van der Waals surface area contributed by atoms with Crippen LogP contribution in [0.4, 0.5) is 0 Å². The van der Waals surface area contributed by atoms with E-state index < -0.39 is 5.97 Å². The first-order valence-electron chi connectivity index (χ1n) is 9.00. The fourth-order valence-electron chi connectivity index (χ4n) is 2.94. The number of esters is 1. The summed E-state index contributed by atoms with van der Waals surface area (Å²) in [7, 11) is 1.34. The summed E-state index contributed by atoms with van der Waals surface area (Å²) in [6.45, 7) is 0.195. The molecule has 0 unspecified atom stereocenters. The van der Waals surface area contributed by atoms with Crippen molar-refractivity contribution in [2.24, 2.45) is 0 Å². The number of nitrogens with zero attached hydrogens (tertiary/aromatic N) is 2. The summed E-state index contributed by atoms with van der Waals surface area (Å²) in [6, 6.07) is 14.7. The molecule has 3 heterocycles. The Hall–Kier alpha value is -3.89. The predicted octanol–water partition coefficient (Wildman–Crippen LogP) is 5.31. The molecule has 0 radical (unpaired) electrons. The number of thiophene rings is 1. The van der Waals surface area contributed by atoms with Crippen LogP contribution in [0.1, 0.15) is 21.5 Å². The molecule has 0 saturated carbocycles. The average molecular weight is 416 g/mol. The monoisotopic (exact) mass is 416 g/mol. The Labute approximate surface area is 176 Å². The summed E-state index contributed by atoms with van der Waals surface area (Å²) in [6.07, 6.45) is 3.15. The van der Waals surface area contributed by atoms with Crippen LogP contribution in [-0.2, 0) is 11.3 Å². The molecule has 0 N–H and O–H groups in total. The number of aromatic nitrogens is 1. The van der Waals surface area contributed by atoms with E-state index in [9.17, 15) is 10.1 Å². The molecule has 0 aliphatic heterocycles. The molecule has 30 heavy (non-hydrogen) atoms. The van der Waals surface area contributed by atoms with Crippen LogP contribution in [0.3, 0.4) is 0 Å². The smallest absolute Gasteiger partial charge is 0.337 e. The quantitative estimate of drug-likeness (QED) is 0.396. The zero-order chi connectivity index (χ0) is 20.9. The Kier molecular flexibility index (Phi) is 5.59. The lowest BCUT2D eigenvalue weighted by Gasteiger charge is -2.12. The van der Waals surface area contributed by atoms with Gasteiger partial charge in [0.1, 0.15) is 18.2 Å². The van der Waals surface area contributed by atoms with Gasteiger partial charge in [0.05, 0.1) is 30.9 Å². The molecule has 0 saturated heterocycles. The second-order valence-electron chi connectivity index (χ2n) is 6.35. The van der Waals surface area contributed by atoms with Gasteiger partial charge in [0.2, 0.25) is 5.88 Å². The highest BCUT2D eigenvalue weighted by Gasteiger charge is 2.18. The van der Waals surface area contributed by atoms with Crippen molar-refractivity contribution >= 4 is 17.3 Å². The highest BCUT2D eigenvalue weighted by molar-refractivity contribution is 7.08. The van der Waals surface area contributed by atoms with Gasteiger partial charge in [-0.1, -0.05) is 12.1 Å². The van der Waals surface area contributed by atoms with Gasteiger partial charge in [-0.05, 0) is 41.3 Å². The first kappa shape index (κ1) is 19.4. The molecular weight excluding hydrogens is 400 g/mol. The Bertz CT molecular complexity index is 1190. The number of furan rings is 1. The van der Waals surface area contributed by atoms with Gasteiger partial charge in [0.15, 0.2) is 0 Å². The van der Waals surface area contributed by atoms with Crippen LogP contribution in [-0.4, -0.2) is 18.1 Å². The molecular formula is C23H16N2O4S. The topological polar surface area (TPSA) is 85.3 Å². The Morgan fingerprint density at radius 2 is 2.03 bits per heavy atom. The highest BCUT2D eigenvalue weighted by Crippen LogP contribution is 2.34. The lowest BCUT2D eigenvalue weighted by molar-refractivity contribution is 0.0600. The first-order valence-corrected chi connectivity index (χ1v) is 9.94. The molecule has 0 fully saturated rings. The van der Waals surface area contributed by atoms with Crippen molar-refractivity contribution in [2.75, 3.05) is 7.11 Å². The van der Waals surface area contributed by atoms with Gasteiger partial charge < -0.3 is 13.9 Å². The average Bonchev–Trinajstić information content (AvgIpc) is 3.51. The third-order valence-corrected chi connectivity index (χ3v) is 5.18. The number of hydrogen-bond donors (Lipinski definition) is 0. The van der Waals surface area contributed by atoms with E-state index in [1.54, 1.807) is 54.2 Å². The molecule has 6 nitrogen and oxygen atoms in total. The molecule has 4 aromatic rings. The lowest BCUT2D eigenvalue weighted by atomic mass is 10.0. The van der Waals surface area contributed by atoms with E-state index in [0.29, 0.717) is 22.4 Å². The van der Waals surface area contributed by atoms with E-state index in [0.717, 1.165) is 16.7 Å². The van der Waals surface area contributed by atoms with Gasteiger partial charge in [0.25, 0.3) is 0 Å². The third kappa shape index (κ3) is 3.95. The fourth-order valence-corrected chi connectivity index (χ4v) is 3.59. The van der Waals surface area contributed by atoms with E-state index in [-0.39, 0.29) is 12.5 Å². The number of rotatable bonds is 6. The number of ether oxygens (including phenoxy) is 2. The molecule has 4 rings (SSSR count). The summed E-state index contributed by atoms with van der Waals surface area (Å²) >= 11 is 1.57. The zero-order valence-electron chi connectivity index (χ0n) is 16.0. The summed E-state index contributed by atoms with van der Waals surface area (Å²) < 4.78 is 15.9. The number of hydrogen-bond acceptors (Lipinski definition) is 7. The number of carbonyl (C=O) groups excluding carboxylic acids is 1. The molecule has 0 bridgehead atoms. The zero-order valence-corrected chi connectivity index (χ0v) is 16.8. The van der Waals surface area contributed by atoms with Crippen molar-refractivity contribution in [1.82, 2.24) is 4.98 Å². The third-order valence-electron chi connectivity index (χ3n) is 4.50. The van der Waals surface area contributed by atoms with Gasteiger partial charge in [-0.2, -0.15) is 16.6 Å². The van der Waals surface area contributed by atoms with E-state index >= 15 is 0 Å². The van der Waals surface area contributed by atoms with Crippen molar-refractivity contribution in [3.63, 3.8) is 0 Å². The standard InChI is InChI=1S/C23H16N2O4S/c1-27-23(26)16-4-2-15(3-5-16)12-29-22-20(11-24)19(17-6-8-28-13-17)10-21(25-22)18-7-9-30-14-18/h2-10,13-14H,12H2,1H3. The molecule has 0 atom stereocenters. The second-order valence-corrected chi connectivity index (χ2v) is 7.13. The number of methoxy groups -OCH3 is 1. The number of carbonyl (C=O) groups is 1. The van der Waals surface area contributed by atoms with Crippen molar-refractivity contribution in [1.29, 1.82) is 5.26 Å². The van der Waals surface area contributed by atoms with Gasteiger partial charge in [-0.15, -0.1) is 0 Å². The number of benzene rings is 1. The van der Waals surface area contributed by atoms with Crippen molar-refractivity contribution in [3.8, 4) is 34.3 Å². The normalized spacial score (nSPS) is 10.4. The Morgan fingerprint density at radius 3 is 2.67 bits per heavy atom. The van der Waals surface area contributed by atoms with Gasteiger partial charge in [-0.25, -0.2) is 9.78 Å². The van der Waals surface area contributed by atoms with E-state index in [1.807, 2.05) is 22.9 Å². The SMILES string of the molecule is COC(=O)c1ccc(COc2nc(-c3ccsc3)cc(-c3ccoc3)c2C#N)cc1. The molecule has 7 heteroatoms. The predicted molar refractivity (Wildman–Crippen MR) is 112 cm³/mol. The van der Waals surface area contributed by atoms with Crippen LogP contribution in [0, 0.1) is 11.3 Å². The summed E-state index contributed by atoms with van der Waals surface area (Å²) in [5.74, 6) is -0.154. The van der Waals surface area contributed by atoms with Crippen molar-refractivity contribution < 1.29 is 18.7 Å². The molecule has 0 aliphatic carbocycles. The number of nitriles is 1. The van der Waals surface area contributed by atoms with Crippen LogP contribution in [0.15, 0.2) is 70.2 Å². The summed E-state index contributed by atoms with van der Waals surface area (Å²) in [5, 5.41) is 13.7.